The maximum Gasteiger partial charge on any atom is 0.0160 e. The molecular formula is C10H17N. The lowest BCUT2D eigenvalue weighted by Crippen LogP contribution is -2.34. The molecule has 1 aliphatic rings. The van der Waals surface area contributed by atoms with Crippen LogP contribution in [0.15, 0.2) is 25.3 Å². The van der Waals surface area contributed by atoms with Crippen molar-refractivity contribution < 1.29 is 0 Å². The van der Waals surface area contributed by atoms with Gasteiger partial charge in [-0.15, -0.1) is 13.2 Å². The quantitative estimate of drug-likeness (QED) is 0.558. The molecular weight excluding hydrogens is 134 g/mol. The van der Waals surface area contributed by atoms with Gasteiger partial charge in [-0.25, -0.2) is 0 Å². The number of nitrogens with zero attached hydrogens (tertiary/aromatic N) is 1. The highest BCUT2D eigenvalue weighted by molar-refractivity contribution is 4.87. The summed E-state index contributed by atoms with van der Waals surface area (Å²) in [5.41, 5.74) is 0. The van der Waals surface area contributed by atoms with Crippen molar-refractivity contribution in [3.8, 4) is 0 Å². The van der Waals surface area contributed by atoms with Gasteiger partial charge in [-0.3, -0.25) is 4.90 Å². The third kappa shape index (κ3) is 2.51. The molecule has 1 heterocycles. The SMILES string of the molecule is C=CCN1CCCC(C=C)C1. The van der Waals surface area contributed by atoms with E-state index in [-0.39, 0.29) is 0 Å². The van der Waals surface area contributed by atoms with E-state index < -0.39 is 0 Å². The average molecular weight is 151 g/mol. The van der Waals surface area contributed by atoms with Gasteiger partial charge in [0.15, 0.2) is 0 Å². The molecule has 0 aromatic rings. The summed E-state index contributed by atoms with van der Waals surface area (Å²) in [5, 5.41) is 0. The maximum atomic E-state index is 3.83. The van der Waals surface area contributed by atoms with Gasteiger partial charge in [-0.2, -0.15) is 0 Å². The highest BCUT2D eigenvalue weighted by Crippen LogP contribution is 2.16. The Morgan fingerprint density at radius 1 is 1.45 bits per heavy atom. The first-order chi connectivity index (χ1) is 5.36. The Labute approximate surface area is 69.4 Å². The Balaban J connectivity index is 2.32. The normalized spacial score (nSPS) is 26.4. The molecule has 0 N–H and O–H groups in total. The van der Waals surface area contributed by atoms with Gasteiger partial charge in [0.05, 0.1) is 0 Å². The van der Waals surface area contributed by atoms with Crippen molar-refractivity contribution in [2.45, 2.75) is 12.8 Å². The van der Waals surface area contributed by atoms with Gasteiger partial charge in [0, 0.05) is 13.1 Å². The van der Waals surface area contributed by atoms with E-state index >= 15 is 0 Å². The first-order valence-corrected chi connectivity index (χ1v) is 4.32. The Bertz CT molecular complexity index is 140. The number of rotatable bonds is 3. The number of likely N-dealkylation sites (tertiary alicyclic amines) is 1. The molecule has 62 valence electrons. The third-order valence-corrected chi connectivity index (χ3v) is 2.26. The Kier molecular flexibility index (Phi) is 3.37. The second kappa shape index (κ2) is 4.35. The van der Waals surface area contributed by atoms with Crippen LogP contribution in [-0.2, 0) is 0 Å². The van der Waals surface area contributed by atoms with Crippen LogP contribution >= 0.6 is 0 Å². The first-order valence-electron chi connectivity index (χ1n) is 4.32. The fraction of sp³-hybridized carbons (Fsp3) is 0.600. The molecule has 1 fully saturated rings. The lowest BCUT2D eigenvalue weighted by atomic mass is 9.98. The number of piperidine rings is 1. The second-order valence-corrected chi connectivity index (χ2v) is 3.19. The lowest BCUT2D eigenvalue weighted by Gasteiger charge is -2.29. The molecule has 1 unspecified atom stereocenters. The molecule has 1 heteroatoms. The van der Waals surface area contributed by atoms with Gasteiger partial charge >= 0.3 is 0 Å². The van der Waals surface area contributed by atoms with Gasteiger partial charge in [0.25, 0.3) is 0 Å². The van der Waals surface area contributed by atoms with Crippen molar-refractivity contribution in [1.29, 1.82) is 0 Å². The summed E-state index contributed by atoms with van der Waals surface area (Å²) in [6.45, 7) is 11.0. The zero-order chi connectivity index (χ0) is 8.10. The molecule has 1 saturated heterocycles. The predicted octanol–water partition coefficient (Wildman–Crippen LogP) is 2.07. The highest BCUT2D eigenvalue weighted by Gasteiger charge is 2.15. The van der Waals surface area contributed by atoms with Crippen molar-refractivity contribution in [3.63, 3.8) is 0 Å². The Morgan fingerprint density at radius 3 is 2.91 bits per heavy atom. The van der Waals surface area contributed by atoms with Gasteiger partial charge in [0.1, 0.15) is 0 Å². The first kappa shape index (κ1) is 8.54. The van der Waals surface area contributed by atoms with Crippen LogP contribution in [0.3, 0.4) is 0 Å². The van der Waals surface area contributed by atoms with Gasteiger partial charge in [-0.05, 0) is 25.3 Å². The van der Waals surface area contributed by atoms with Crippen LogP contribution in [-0.4, -0.2) is 24.5 Å². The molecule has 1 nitrogen and oxygen atoms in total. The van der Waals surface area contributed by atoms with Gasteiger partial charge < -0.3 is 0 Å². The van der Waals surface area contributed by atoms with Crippen LogP contribution in [0.1, 0.15) is 12.8 Å². The molecule has 1 aliphatic heterocycles. The molecule has 11 heavy (non-hydrogen) atoms. The molecule has 0 spiro atoms. The van der Waals surface area contributed by atoms with Crippen LogP contribution < -0.4 is 0 Å². The van der Waals surface area contributed by atoms with E-state index in [0.717, 1.165) is 6.54 Å². The fourth-order valence-corrected chi connectivity index (χ4v) is 1.63. The lowest BCUT2D eigenvalue weighted by molar-refractivity contribution is 0.216. The van der Waals surface area contributed by atoms with Crippen molar-refractivity contribution >= 4 is 0 Å². The summed E-state index contributed by atoms with van der Waals surface area (Å²) in [6, 6.07) is 0. The summed E-state index contributed by atoms with van der Waals surface area (Å²) in [4.78, 5) is 2.43. The van der Waals surface area contributed by atoms with Crippen LogP contribution in [0.25, 0.3) is 0 Å². The van der Waals surface area contributed by atoms with Crippen molar-refractivity contribution in [2.75, 3.05) is 19.6 Å². The topological polar surface area (TPSA) is 3.24 Å². The number of hydrogen-bond donors (Lipinski definition) is 0. The van der Waals surface area contributed by atoms with Crippen LogP contribution in [0.4, 0.5) is 0 Å². The molecule has 0 aromatic carbocycles. The minimum absolute atomic E-state index is 0.712. The largest absolute Gasteiger partial charge is 0.299 e. The van der Waals surface area contributed by atoms with E-state index in [1.165, 1.54) is 25.9 Å². The molecule has 0 radical (unpaired) electrons. The van der Waals surface area contributed by atoms with Crippen LogP contribution in [0.2, 0.25) is 0 Å². The summed E-state index contributed by atoms with van der Waals surface area (Å²) in [7, 11) is 0. The standard InChI is InChI=1S/C10H17N/c1-3-7-11-8-5-6-10(4-2)9-11/h3-4,10H,1-2,5-9H2. The summed E-state index contributed by atoms with van der Waals surface area (Å²) >= 11 is 0. The van der Waals surface area contributed by atoms with E-state index in [2.05, 4.69) is 24.1 Å². The second-order valence-electron chi connectivity index (χ2n) is 3.19. The minimum Gasteiger partial charge on any atom is -0.299 e. The molecule has 0 aromatic heterocycles. The van der Waals surface area contributed by atoms with Gasteiger partial charge in [0.2, 0.25) is 0 Å². The molecule has 0 amide bonds. The van der Waals surface area contributed by atoms with Crippen LogP contribution in [0.5, 0.6) is 0 Å². The Hall–Kier alpha value is -0.560. The smallest absolute Gasteiger partial charge is 0.0160 e. The maximum absolute atomic E-state index is 3.83. The van der Waals surface area contributed by atoms with E-state index in [4.69, 9.17) is 0 Å². The third-order valence-electron chi connectivity index (χ3n) is 2.26. The summed E-state index contributed by atoms with van der Waals surface area (Å²) in [6.07, 6.45) is 6.68. The average Bonchev–Trinajstić information content (AvgIpc) is 2.06. The predicted molar refractivity (Wildman–Crippen MR) is 49.6 cm³/mol. The summed E-state index contributed by atoms with van der Waals surface area (Å²) in [5.74, 6) is 0.712. The summed E-state index contributed by atoms with van der Waals surface area (Å²) < 4.78 is 0. The number of hydrogen-bond acceptors (Lipinski definition) is 1. The van der Waals surface area contributed by atoms with E-state index in [0.29, 0.717) is 5.92 Å². The van der Waals surface area contributed by atoms with E-state index in [1.807, 2.05) is 6.08 Å². The molecule has 0 bridgehead atoms. The minimum atomic E-state index is 0.712. The van der Waals surface area contributed by atoms with Crippen molar-refractivity contribution in [3.05, 3.63) is 25.3 Å². The molecule has 1 atom stereocenters. The van der Waals surface area contributed by atoms with Crippen molar-refractivity contribution in [1.82, 2.24) is 4.90 Å². The molecule has 0 aliphatic carbocycles. The monoisotopic (exact) mass is 151 g/mol. The highest BCUT2D eigenvalue weighted by atomic mass is 15.1. The van der Waals surface area contributed by atoms with Gasteiger partial charge in [-0.1, -0.05) is 12.2 Å². The Morgan fingerprint density at radius 2 is 2.27 bits per heavy atom. The van der Waals surface area contributed by atoms with E-state index in [9.17, 15) is 0 Å². The molecule has 1 rings (SSSR count). The fourth-order valence-electron chi connectivity index (χ4n) is 1.63. The van der Waals surface area contributed by atoms with Crippen molar-refractivity contribution in [2.24, 2.45) is 5.92 Å². The zero-order valence-corrected chi connectivity index (χ0v) is 7.13. The zero-order valence-electron chi connectivity index (χ0n) is 7.13. The molecule has 0 saturated carbocycles. The van der Waals surface area contributed by atoms with Crippen LogP contribution in [0, 0.1) is 5.92 Å². The van der Waals surface area contributed by atoms with E-state index in [1.54, 1.807) is 0 Å².